The van der Waals surface area contributed by atoms with E-state index in [9.17, 15) is 0 Å². The molecule has 0 bridgehead atoms. The van der Waals surface area contributed by atoms with E-state index < -0.39 is 0 Å². The first kappa shape index (κ1) is 11.9. The SMILES string of the molecule is Cc1ccc(OCc2ccc(Cl)nc2)c(C)c1. The molecule has 0 unspecified atom stereocenters. The number of nitrogens with zero attached hydrogens (tertiary/aromatic N) is 1. The molecule has 0 fully saturated rings. The van der Waals surface area contributed by atoms with Gasteiger partial charge in [-0.1, -0.05) is 35.4 Å². The van der Waals surface area contributed by atoms with E-state index in [1.54, 1.807) is 12.3 Å². The fourth-order valence-corrected chi connectivity index (χ4v) is 1.73. The van der Waals surface area contributed by atoms with Crippen molar-refractivity contribution in [1.82, 2.24) is 4.98 Å². The second-order valence-electron chi connectivity index (χ2n) is 4.05. The third kappa shape index (κ3) is 3.21. The Morgan fingerprint density at radius 3 is 2.65 bits per heavy atom. The van der Waals surface area contributed by atoms with Gasteiger partial charge >= 0.3 is 0 Å². The Labute approximate surface area is 106 Å². The Morgan fingerprint density at radius 2 is 2.00 bits per heavy atom. The summed E-state index contributed by atoms with van der Waals surface area (Å²) in [6, 6.07) is 9.83. The number of aromatic nitrogens is 1. The van der Waals surface area contributed by atoms with E-state index in [4.69, 9.17) is 16.3 Å². The molecule has 3 heteroatoms. The fraction of sp³-hybridized carbons (Fsp3) is 0.214. The van der Waals surface area contributed by atoms with Crippen LogP contribution >= 0.6 is 11.6 Å². The number of hydrogen-bond acceptors (Lipinski definition) is 2. The molecule has 1 heterocycles. The number of aryl methyl sites for hydroxylation is 2. The van der Waals surface area contributed by atoms with Gasteiger partial charge in [-0.3, -0.25) is 0 Å². The van der Waals surface area contributed by atoms with Crippen molar-refractivity contribution in [3.05, 3.63) is 58.4 Å². The van der Waals surface area contributed by atoms with Crippen LogP contribution in [0.5, 0.6) is 5.75 Å². The fourth-order valence-electron chi connectivity index (χ4n) is 1.61. The molecule has 0 N–H and O–H groups in total. The van der Waals surface area contributed by atoms with E-state index >= 15 is 0 Å². The molecule has 1 aromatic heterocycles. The van der Waals surface area contributed by atoms with Crippen molar-refractivity contribution in [1.29, 1.82) is 0 Å². The van der Waals surface area contributed by atoms with E-state index in [0.29, 0.717) is 11.8 Å². The van der Waals surface area contributed by atoms with E-state index in [1.807, 2.05) is 25.1 Å². The maximum absolute atomic E-state index is 5.73. The minimum atomic E-state index is 0.500. The molecule has 2 rings (SSSR count). The second-order valence-corrected chi connectivity index (χ2v) is 4.43. The molecule has 0 atom stereocenters. The molecule has 0 radical (unpaired) electrons. The summed E-state index contributed by atoms with van der Waals surface area (Å²) in [5.41, 5.74) is 3.39. The molecule has 0 amide bonds. The maximum Gasteiger partial charge on any atom is 0.129 e. The van der Waals surface area contributed by atoms with E-state index in [-0.39, 0.29) is 0 Å². The van der Waals surface area contributed by atoms with Crippen molar-refractivity contribution < 1.29 is 4.74 Å². The van der Waals surface area contributed by atoms with Crippen LogP contribution in [-0.2, 0) is 6.61 Å². The first-order valence-corrected chi connectivity index (χ1v) is 5.83. The lowest BCUT2D eigenvalue weighted by Crippen LogP contribution is -1.97. The van der Waals surface area contributed by atoms with E-state index in [2.05, 4.69) is 18.0 Å². The van der Waals surface area contributed by atoms with Gasteiger partial charge in [0.2, 0.25) is 0 Å². The van der Waals surface area contributed by atoms with Crippen LogP contribution in [-0.4, -0.2) is 4.98 Å². The highest BCUT2D eigenvalue weighted by molar-refractivity contribution is 6.29. The minimum absolute atomic E-state index is 0.500. The molecule has 0 aliphatic rings. The smallest absolute Gasteiger partial charge is 0.129 e. The predicted octanol–water partition coefficient (Wildman–Crippen LogP) is 3.93. The van der Waals surface area contributed by atoms with Gasteiger partial charge < -0.3 is 4.74 Å². The topological polar surface area (TPSA) is 22.1 Å². The Morgan fingerprint density at radius 1 is 1.18 bits per heavy atom. The Kier molecular flexibility index (Phi) is 3.64. The maximum atomic E-state index is 5.73. The van der Waals surface area contributed by atoms with Gasteiger partial charge in [0.25, 0.3) is 0 Å². The first-order valence-electron chi connectivity index (χ1n) is 5.45. The summed E-state index contributed by atoms with van der Waals surface area (Å²) in [4.78, 5) is 4.01. The first-order chi connectivity index (χ1) is 8.15. The van der Waals surface area contributed by atoms with Crippen molar-refractivity contribution in [3.8, 4) is 5.75 Å². The van der Waals surface area contributed by atoms with Crippen molar-refractivity contribution in [3.63, 3.8) is 0 Å². The minimum Gasteiger partial charge on any atom is -0.489 e. The van der Waals surface area contributed by atoms with Crippen molar-refractivity contribution in [2.45, 2.75) is 20.5 Å². The molecular formula is C14H14ClNO. The standard InChI is InChI=1S/C14H14ClNO/c1-10-3-5-13(11(2)7-10)17-9-12-4-6-14(15)16-8-12/h3-8H,9H2,1-2H3. The Bertz CT molecular complexity index is 508. The van der Waals surface area contributed by atoms with Crippen LogP contribution in [0.25, 0.3) is 0 Å². The predicted molar refractivity (Wildman–Crippen MR) is 69.5 cm³/mol. The van der Waals surface area contributed by atoms with Crippen LogP contribution in [0.1, 0.15) is 16.7 Å². The molecular weight excluding hydrogens is 234 g/mol. The van der Waals surface area contributed by atoms with Crippen LogP contribution < -0.4 is 4.74 Å². The molecule has 1 aromatic carbocycles. The number of benzene rings is 1. The van der Waals surface area contributed by atoms with Gasteiger partial charge in [0, 0.05) is 11.8 Å². The van der Waals surface area contributed by atoms with E-state index in [1.165, 1.54) is 5.56 Å². The van der Waals surface area contributed by atoms with Gasteiger partial charge in [-0.2, -0.15) is 0 Å². The number of halogens is 1. The lowest BCUT2D eigenvalue weighted by atomic mass is 10.1. The Hall–Kier alpha value is -1.54. The molecule has 2 aromatic rings. The van der Waals surface area contributed by atoms with Crippen molar-refractivity contribution in [2.75, 3.05) is 0 Å². The normalized spacial score (nSPS) is 10.3. The third-order valence-electron chi connectivity index (χ3n) is 2.51. The number of ether oxygens (including phenoxy) is 1. The van der Waals surface area contributed by atoms with Crippen LogP contribution in [0, 0.1) is 13.8 Å². The summed E-state index contributed by atoms with van der Waals surface area (Å²) < 4.78 is 5.73. The van der Waals surface area contributed by atoms with Gasteiger partial charge in [-0.25, -0.2) is 4.98 Å². The summed E-state index contributed by atoms with van der Waals surface area (Å²) in [5.74, 6) is 0.908. The zero-order valence-corrected chi connectivity index (χ0v) is 10.7. The molecule has 0 saturated carbocycles. The molecule has 0 aliphatic carbocycles. The van der Waals surface area contributed by atoms with Crippen LogP contribution in [0.2, 0.25) is 5.15 Å². The summed E-state index contributed by atoms with van der Waals surface area (Å²) in [7, 11) is 0. The highest BCUT2D eigenvalue weighted by Gasteiger charge is 2.00. The molecule has 2 nitrogen and oxygen atoms in total. The summed E-state index contributed by atoms with van der Waals surface area (Å²) in [6.45, 7) is 4.62. The van der Waals surface area contributed by atoms with Gasteiger partial charge in [-0.05, 0) is 31.5 Å². The number of rotatable bonds is 3. The van der Waals surface area contributed by atoms with Crippen molar-refractivity contribution >= 4 is 11.6 Å². The number of hydrogen-bond donors (Lipinski definition) is 0. The number of pyridine rings is 1. The van der Waals surface area contributed by atoms with Gasteiger partial charge in [-0.15, -0.1) is 0 Å². The molecule has 17 heavy (non-hydrogen) atoms. The second kappa shape index (κ2) is 5.19. The van der Waals surface area contributed by atoms with Crippen LogP contribution in [0.4, 0.5) is 0 Å². The largest absolute Gasteiger partial charge is 0.489 e. The zero-order chi connectivity index (χ0) is 12.3. The lowest BCUT2D eigenvalue weighted by molar-refractivity contribution is 0.303. The quantitative estimate of drug-likeness (QED) is 0.767. The summed E-state index contributed by atoms with van der Waals surface area (Å²) in [5, 5.41) is 0.500. The summed E-state index contributed by atoms with van der Waals surface area (Å²) in [6.07, 6.45) is 1.73. The molecule has 0 aliphatic heterocycles. The molecule has 0 spiro atoms. The zero-order valence-electron chi connectivity index (χ0n) is 9.90. The monoisotopic (exact) mass is 247 g/mol. The Balaban J connectivity index is 2.04. The van der Waals surface area contributed by atoms with Gasteiger partial charge in [0.15, 0.2) is 0 Å². The summed E-state index contributed by atoms with van der Waals surface area (Å²) >= 11 is 5.72. The molecule has 88 valence electrons. The average Bonchev–Trinajstić information content (AvgIpc) is 2.30. The third-order valence-corrected chi connectivity index (χ3v) is 2.74. The molecule has 0 saturated heterocycles. The lowest BCUT2D eigenvalue weighted by Gasteiger charge is -2.09. The van der Waals surface area contributed by atoms with Crippen molar-refractivity contribution in [2.24, 2.45) is 0 Å². The van der Waals surface area contributed by atoms with Crippen LogP contribution in [0.3, 0.4) is 0 Å². The highest BCUT2D eigenvalue weighted by atomic mass is 35.5. The van der Waals surface area contributed by atoms with Gasteiger partial charge in [0.1, 0.15) is 17.5 Å². The van der Waals surface area contributed by atoms with Crippen LogP contribution in [0.15, 0.2) is 36.5 Å². The van der Waals surface area contributed by atoms with E-state index in [0.717, 1.165) is 16.9 Å². The van der Waals surface area contributed by atoms with Gasteiger partial charge in [0.05, 0.1) is 0 Å². The highest BCUT2D eigenvalue weighted by Crippen LogP contribution is 2.20. The average molecular weight is 248 g/mol.